The lowest BCUT2D eigenvalue weighted by atomic mass is 10.1. The predicted octanol–water partition coefficient (Wildman–Crippen LogP) is 0.784. The summed E-state index contributed by atoms with van der Waals surface area (Å²) < 4.78 is 1.96. The van der Waals surface area contributed by atoms with Crippen LogP contribution in [-0.4, -0.2) is 43.9 Å². The Bertz CT molecular complexity index is 552. The molecule has 0 amide bonds. The third-order valence-corrected chi connectivity index (χ3v) is 3.59. The highest BCUT2D eigenvalue weighted by atomic mass is 16.3. The second kappa shape index (κ2) is 4.53. The summed E-state index contributed by atoms with van der Waals surface area (Å²) in [5.74, 6) is 1.75. The van der Waals surface area contributed by atoms with Crippen LogP contribution in [-0.2, 0) is 0 Å². The number of aromatic nitrogens is 4. The molecule has 1 aliphatic rings. The van der Waals surface area contributed by atoms with E-state index in [1.54, 1.807) is 6.20 Å². The van der Waals surface area contributed by atoms with Crippen molar-refractivity contribution in [3.8, 4) is 0 Å². The van der Waals surface area contributed by atoms with Gasteiger partial charge in [-0.05, 0) is 26.2 Å². The van der Waals surface area contributed by atoms with Gasteiger partial charge in [0, 0.05) is 31.6 Å². The van der Waals surface area contributed by atoms with Gasteiger partial charge in [-0.25, -0.2) is 4.98 Å². The molecule has 0 aliphatic carbocycles. The van der Waals surface area contributed by atoms with E-state index in [0.29, 0.717) is 6.04 Å². The zero-order valence-electron chi connectivity index (χ0n) is 10.5. The summed E-state index contributed by atoms with van der Waals surface area (Å²) in [4.78, 5) is 6.71. The predicted molar refractivity (Wildman–Crippen MR) is 67.6 cm³/mol. The van der Waals surface area contributed by atoms with Gasteiger partial charge in [-0.2, -0.15) is 0 Å². The lowest BCUT2D eigenvalue weighted by molar-refractivity contribution is 0.275. The minimum Gasteiger partial charge on any atom is -0.396 e. The Morgan fingerprint density at radius 2 is 2.33 bits per heavy atom. The smallest absolute Gasteiger partial charge is 0.203 e. The first-order valence-electron chi connectivity index (χ1n) is 6.35. The van der Waals surface area contributed by atoms with Crippen molar-refractivity contribution in [2.75, 3.05) is 18.1 Å². The van der Waals surface area contributed by atoms with Crippen molar-refractivity contribution in [2.24, 2.45) is 0 Å². The van der Waals surface area contributed by atoms with E-state index in [1.165, 1.54) is 0 Å². The van der Waals surface area contributed by atoms with Gasteiger partial charge in [-0.15, -0.1) is 10.2 Å². The van der Waals surface area contributed by atoms with Gasteiger partial charge in [0.25, 0.3) is 0 Å². The Hall–Kier alpha value is -1.69. The number of aliphatic hydroxyl groups is 1. The van der Waals surface area contributed by atoms with Gasteiger partial charge in [-0.3, -0.25) is 4.40 Å². The maximum Gasteiger partial charge on any atom is 0.203 e. The number of aryl methyl sites for hydroxylation is 1. The minimum atomic E-state index is 0.218. The van der Waals surface area contributed by atoms with Crippen LogP contribution in [0.25, 0.3) is 5.65 Å². The third kappa shape index (κ3) is 1.73. The van der Waals surface area contributed by atoms with Crippen LogP contribution < -0.4 is 4.90 Å². The summed E-state index contributed by atoms with van der Waals surface area (Å²) >= 11 is 0. The fourth-order valence-corrected chi connectivity index (χ4v) is 2.69. The molecule has 1 N–H and O–H groups in total. The van der Waals surface area contributed by atoms with Crippen LogP contribution in [0.5, 0.6) is 0 Å². The maximum atomic E-state index is 9.13. The standard InChI is InChI=1S/C12H17N5O/c1-9-14-15-12-11(13-5-7-16(9)12)17-6-2-3-10(17)4-8-18/h5,7,10,18H,2-4,6,8H2,1H3. The molecule has 0 bridgehead atoms. The van der Waals surface area contributed by atoms with Crippen molar-refractivity contribution >= 4 is 11.5 Å². The Morgan fingerprint density at radius 3 is 3.17 bits per heavy atom. The summed E-state index contributed by atoms with van der Waals surface area (Å²) in [6.07, 6.45) is 6.70. The molecule has 0 spiro atoms. The van der Waals surface area contributed by atoms with E-state index in [4.69, 9.17) is 5.11 Å². The number of aliphatic hydroxyl groups excluding tert-OH is 1. The molecule has 2 aromatic rings. The summed E-state index contributed by atoms with van der Waals surface area (Å²) in [7, 11) is 0. The molecular formula is C12H17N5O. The Morgan fingerprint density at radius 1 is 1.44 bits per heavy atom. The molecular weight excluding hydrogens is 230 g/mol. The molecule has 3 rings (SSSR count). The van der Waals surface area contributed by atoms with Gasteiger partial charge in [0.05, 0.1) is 0 Å². The Balaban J connectivity index is 2.03. The average molecular weight is 247 g/mol. The van der Waals surface area contributed by atoms with Crippen molar-refractivity contribution in [3.63, 3.8) is 0 Å². The second-order valence-electron chi connectivity index (χ2n) is 4.69. The molecule has 1 aliphatic heterocycles. The van der Waals surface area contributed by atoms with Crippen molar-refractivity contribution in [2.45, 2.75) is 32.2 Å². The number of hydrogen-bond acceptors (Lipinski definition) is 5. The number of rotatable bonds is 3. The first kappa shape index (κ1) is 11.4. The van der Waals surface area contributed by atoms with E-state index in [0.717, 1.165) is 43.1 Å². The molecule has 1 saturated heterocycles. The monoisotopic (exact) mass is 247 g/mol. The molecule has 0 radical (unpaired) electrons. The number of hydrogen-bond donors (Lipinski definition) is 1. The molecule has 6 nitrogen and oxygen atoms in total. The lowest BCUT2D eigenvalue weighted by Crippen LogP contribution is -2.31. The van der Waals surface area contributed by atoms with Crippen LogP contribution in [0.2, 0.25) is 0 Å². The van der Waals surface area contributed by atoms with Crippen molar-refractivity contribution in [1.29, 1.82) is 0 Å². The van der Waals surface area contributed by atoms with Gasteiger partial charge in [0.1, 0.15) is 5.82 Å². The molecule has 0 saturated carbocycles. The van der Waals surface area contributed by atoms with E-state index < -0.39 is 0 Å². The van der Waals surface area contributed by atoms with Crippen LogP contribution in [0.3, 0.4) is 0 Å². The normalized spacial score (nSPS) is 19.9. The molecule has 18 heavy (non-hydrogen) atoms. The topological polar surface area (TPSA) is 66.5 Å². The highest BCUT2D eigenvalue weighted by Crippen LogP contribution is 2.28. The zero-order valence-corrected chi connectivity index (χ0v) is 10.5. The zero-order chi connectivity index (χ0) is 12.5. The van der Waals surface area contributed by atoms with Crippen LogP contribution >= 0.6 is 0 Å². The van der Waals surface area contributed by atoms with Crippen molar-refractivity contribution in [1.82, 2.24) is 19.6 Å². The van der Waals surface area contributed by atoms with Crippen LogP contribution in [0.1, 0.15) is 25.1 Å². The van der Waals surface area contributed by atoms with E-state index in [-0.39, 0.29) is 6.61 Å². The van der Waals surface area contributed by atoms with Gasteiger partial charge < -0.3 is 10.0 Å². The molecule has 1 fully saturated rings. The highest BCUT2D eigenvalue weighted by molar-refractivity contribution is 5.64. The van der Waals surface area contributed by atoms with Gasteiger partial charge in [0.15, 0.2) is 5.82 Å². The summed E-state index contributed by atoms with van der Waals surface area (Å²) in [5, 5.41) is 17.4. The first-order chi connectivity index (χ1) is 8.81. The van der Waals surface area contributed by atoms with Gasteiger partial charge >= 0.3 is 0 Å². The van der Waals surface area contributed by atoms with Crippen LogP contribution in [0.4, 0.5) is 5.82 Å². The summed E-state index contributed by atoms with van der Waals surface area (Å²) in [6, 6.07) is 0.366. The van der Waals surface area contributed by atoms with Gasteiger partial charge in [-0.1, -0.05) is 0 Å². The first-order valence-corrected chi connectivity index (χ1v) is 6.35. The third-order valence-electron chi connectivity index (χ3n) is 3.59. The second-order valence-corrected chi connectivity index (χ2v) is 4.69. The molecule has 96 valence electrons. The summed E-state index contributed by atoms with van der Waals surface area (Å²) in [6.45, 7) is 3.12. The molecule has 6 heteroatoms. The van der Waals surface area contributed by atoms with E-state index in [9.17, 15) is 0 Å². The highest BCUT2D eigenvalue weighted by Gasteiger charge is 2.27. The molecule has 3 heterocycles. The van der Waals surface area contributed by atoms with Gasteiger partial charge in [0.2, 0.25) is 5.65 Å². The van der Waals surface area contributed by atoms with Crippen LogP contribution in [0, 0.1) is 6.92 Å². The quantitative estimate of drug-likeness (QED) is 0.868. The SMILES string of the molecule is Cc1nnc2c(N3CCCC3CCO)nccn12. The number of fused-ring (bicyclic) bond motifs is 1. The molecule has 2 aromatic heterocycles. The van der Waals surface area contributed by atoms with Crippen molar-refractivity contribution < 1.29 is 5.11 Å². The van der Waals surface area contributed by atoms with Crippen molar-refractivity contribution in [3.05, 3.63) is 18.2 Å². The summed E-state index contributed by atoms with van der Waals surface area (Å²) in [5.41, 5.74) is 0.805. The minimum absolute atomic E-state index is 0.218. The Labute approximate surface area is 105 Å². The Kier molecular flexibility index (Phi) is 2.87. The molecule has 0 aromatic carbocycles. The molecule has 1 unspecified atom stereocenters. The van der Waals surface area contributed by atoms with E-state index in [1.807, 2.05) is 17.5 Å². The van der Waals surface area contributed by atoms with Crippen LogP contribution in [0.15, 0.2) is 12.4 Å². The van der Waals surface area contributed by atoms with E-state index in [2.05, 4.69) is 20.1 Å². The maximum absolute atomic E-state index is 9.13. The number of nitrogens with zero attached hydrogens (tertiary/aromatic N) is 5. The number of anilines is 1. The lowest BCUT2D eigenvalue weighted by Gasteiger charge is -2.25. The fraction of sp³-hybridized carbons (Fsp3) is 0.583. The fourth-order valence-electron chi connectivity index (χ4n) is 2.69. The molecule has 1 atom stereocenters. The van der Waals surface area contributed by atoms with E-state index >= 15 is 0 Å². The average Bonchev–Trinajstić information content (AvgIpc) is 2.98. The largest absolute Gasteiger partial charge is 0.396 e.